The maximum atomic E-state index is 12.7. The lowest BCUT2D eigenvalue weighted by Crippen LogP contribution is -2.69. The molecular weight excluding hydrogens is 538 g/mol. The van der Waals surface area contributed by atoms with Crippen LogP contribution in [0.3, 0.4) is 0 Å². The average Bonchev–Trinajstić information content (AvgIpc) is 2.78. The molecule has 0 saturated carbocycles. The topological polar surface area (TPSA) is 189 Å². The lowest BCUT2D eigenvalue weighted by Gasteiger charge is -2.51. The van der Waals surface area contributed by atoms with Crippen molar-refractivity contribution in [3.63, 3.8) is 0 Å². The van der Waals surface area contributed by atoms with Crippen molar-refractivity contribution in [1.82, 2.24) is 0 Å². The average molecular weight is 590 g/mol. The molecule has 0 spiro atoms. The molecule has 13 heteroatoms. The molecule has 228 valence electrons. The lowest BCUT2D eigenvalue weighted by molar-refractivity contribution is -0.936. The number of aliphatic hydroxyl groups is 2. The quantitative estimate of drug-likeness (QED) is 0.0731. The van der Waals surface area contributed by atoms with Gasteiger partial charge in [0, 0.05) is 37.9 Å². The number of quaternary nitrogens is 1. The van der Waals surface area contributed by atoms with Crippen LogP contribution >= 0.6 is 0 Å². The number of rotatable bonds is 24. The van der Waals surface area contributed by atoms with Gasteiger partial charge in [0.15, 0.2) is 0 Å². The maximum Gasteiger partial charge on any atom is 0.265 e. The summed E-state index contributed by atoms with van der Waals surface area (Å²) in [4.78, 5) is 12.7. The van der Waals surface area contributed by atoms with E-state index in [0.29, 0.717) is 13.0 Å². The number of aliphatic carboxylic acids is 1. The highest BCUT2D eigenvalue weighted by molar-refractivity contribution is 7.86. The Kier molecular flexibility index (Phi) is 17.4. The van der Waals surface area contributed by atoms with Gasteiger partial charge in [0.1, 0.15) is 11.5 Å². The van der Waals surface area contributed by atoms with Gasteiger partial charge in [-0.2, -0.15) is 16.8 Å². The van der Waals surface area contributed by atoms with Crippen LogP contribution in [0.1, 0.15) is 90.4 Å². The SMILES string of the molecule is CCCCCCCCCCCCC[N+](C)(C)C(CC(CO)CS(=O)(=O)O)(CC(CO)CS(=O)(=O)O)C(=O)[O-]. The summed E-state index contributed by atoms with van der Waals surface area (Å²) in [7, 11) is -5.88. The van der Waals surface area contributed by atoms with Gasteiger partial charge in [0.05, 0.1) is 32.1 Å². The van der Waals surface area contributed by atoms with Gasteiger partial charge in [-0.05, 0) is 12.8 Å². The Bertz CT molecular complexity index is 831. The van der Waals surface area contributed by atoms with E-state index in [2.05, 4.69) is 6.92 Å². The molecule has 0 aromatic heterocycles. The third kappa shape index (κ3) is 15.1. The fraction of sp³-hybridized carbons (Fsp3) is 0.960. The van der Waals surface area contributed by atoms with E-state index in [1.165, 1.54) is 38.5 Å². The minimum atomic E-state index is -4.55. The lowest BCUT2D eigenvalue weighted by atomic mass is 9.78. The maximum absolute atomic E-state index is 12.7. The summed E-state index contributed by atoms with van der Waals surface area (Å²) in [6.07, 6.45) is 11.2. The van der Waals surface area contributed by atoms with E-state index in [-0.39, 0.29) is 4.48 Å². The zero-order chi connectivity index (χ0) is 29.5. The molecule has 0 fully saturated rings. The molecule has 0 aliphatic carbocycles. The number of carbonyl (C=O) groups is 1. The standard InChI is InChI=1S/C25H51NO10S2/c1-4-5-6-7-8-9-10-11-12-13-14-15-26(2,3)25(24(29)30,16-22(18-27)20-37(31,32)33)17-23(19-28)21-38(34,35)36/h22-23,27-28H,4-21H2,1-3H3,(H2-,29,30,31,32,33,34,35,36). The second-order valence-corrected chi connectivity index (χ2v) is 14.3. The molecule has 0 aromatic carbocycles. The predicted molar refractivity (Wildman–Crippen MR) is 144 cm³/mol. The summed E-state index contributed by atoms with van der Waals surface area (Å²) in [5.74, 6) is -5.73. The summed E-state index contributed by atoms with van der Waals surface area (Å²) in [5.41, 5.74) is -1.91. The van der Waals surface area contributed by atoms with Gasteiger partial charge < -0.3 is 24.6 Å². The number of aliphatic hydroxyl groups excluding tert-OH is 2. The number of unbranched alkanes of at least 4 members (excludes halogenated alkanes) is 10. The van der Waals surface area contributed by atoms with Gasteiger partial charge in [-0.3, -0.25) is 9.11 Å². The molecule has 0 amide bonds. The van der Waals surface area contributed by atoms with E-state index in [9.17, 15) is 46.1 Å². The number of likely N-dealkylation sites (N-methyl/N-ethyl adjacent to an activating group) is 1. The normalized spacial score (nSPS) is 16.2. The van der Waals surface area contributed by atoms with Crippen LogP contribution in [0, 0.1) is 11.8 Å². The second-order valence-electron chi connectivity index (χ2n) is 11.3. The van der Waals surface area contributed by atoms with Crippen molar-refractivity contribution in [1.29, 1.82) is 0 Å². The molecule has 0 aliphatic rings. The third-order valence-corrected chi connectivity index (χ3v) is 9.31. The highest BCUT2D eigenvalue weighted by atomic mass is 32.2. The number of hydrogen-bond acceptors (Lipinski definition) is 8. The van der Waals surface area contributed by atoms with Crippen molar-refractivity contribution in [2.75, 3.05) is 45.4 Å². The van der Waals surface area contributed by atoms with Crippen LogP contribution in [0.4, 0.5) is 0 Å². The van der Waals surface area contributed by atoms with E-state index in [1.807, 2.05) is 0 Å². The zero-order valence-electron chi connectivity index (χ0n) is 23.4. The molecule has 2 unspecified atom stereocenters. The first-order chi connectivity index (χ1) is 17.5. The number of carbonyl (C=O) groups excluding carboxylic acids is 1. The fourth-order valence-electron chi connectivity index (χ4n) is 5.28. The first kappa shape index (κ1) is 37.2. The molecule has 0 heterocycles. The molecule has 2 atom stereocenters. The van der Waals surface area contributed by atoms with Gasteiger partial charge in [0.25, 0.3) is 20.2 Å². The van der Waals surface area contributed by atoms with Gasteiger partial charge in [-0.25, -0.2) is 0 Å². The first-order valence-electron chi connectivity index (χ1n) is 13.7. The predicted octanol–water partition coefficient (Wildman–Crippen LogP) is 1.64. The summed E-state index contributed by atoms with van der Waals surface area (Å²) in [6, 6.07) is 0. The van der Waals surface area contributed by atoms with Crippen LogP contribution in [0.2, 0.25) is 0 Å². The third-order valence-electron chi connectivity index (χ3n) is 7.52. The first-order valence-corrected chi connectivity index (χ1v) is 16.9. The van der Waals surface area contributed by atoms with Crippen LogP contribution in [0.5, 0.6) is 0 Å². The van der Waals surface area contributed by atoms with E-state index in [4.69, 9.17) is 0 Å². The Morgan fingerprint density at radius 1 is 0.737 bits per heavy atom. The Balaban J connectivity index is 5.53. The minimum absolute atomic E-state index is 0.225. The zero-order valence-corrected chi connectivity index (χ0v) is 25.0. The Labute approximate surface area is 229 Å². The van der Waals surface area contributed by atoms with Gasteiger partial charge in [-0.1, -0.05) is 64.7 Å². The largest absolute Gasteiger partial charge is 0.544 e. The monoisotopic (exact) mass is 589 g/mol. The summed E-state index contributed by atoms with van der Waals surface area (Å²) in [6.45, 7) is 1.04. The molecule has 0 aliphatic heterocycles. The summed E-state index contributed by atoms with van der Waals surface area (Å²) < 4.78 is 64.3. The van der Waals surface area contributed by atoms with Crippen LogP contribution in [0.25, 0.3) is 0 Å². The summed E-state index contributed by atoms with van der Waals surface area (Å²) in [5, 5.41) is 32.2. The number of hydrogen-bond donors (Lipinski definition) is 4. The Hall–Kier alpha value is -0.830. The number of nitrogens with zero attached hydrogens (tertiary/aromatic N) is 1. The van der Waals surface area contributed by atoms with Crippen LogP contribution in [0.15, 0.2) is 0 Å². The van der Waals surface area contributed by atoms with E-state index < -0.39 is 81.1 Å². The van der Waals surface area contributed by atoms with Crippen LogP contribution in [-0.2, 0) is 25.0 Å². The molecule has 0 aromatic rings. The fourth-order valence-corrected chi connectivity index (χ4v) is 6.92. The number of carboxylic acid groups (broad SMARTS) is 1. The van der Waals surface area contributed by atoms with E-state index in [0.717, 1.165) is 25.7 Å². The molecule has 4 N–H and O–H groups in total. The van der Waals surface area contributed by atoms with Crippen molar-refractivity contribution in [3.8, 4) is 0 Å². The Morgan fingerprint density at radius 2 is 1.08 bits per heavy atom. The van der Waals surface area contributed by atoms with Crippen molar-refractivity contribution in [2.45, 2.75) is 95.9 Å². The molecule has 0 saturated heterocycles. The second kappa shape index (κ2) is 17.8. The van der Waals surface area contributed by atoms with E-state index in [1.54, 1.807) is 14.1 Å². The molecule has 0 rings (SSSR count). The molecule has 11 nitrogen and oxygen atoms in total. The summed E-state index contributed by atoms with van der Waals surface area (Å²) >= 11 is 0. The van der Waals surface area contributed by atoms with Gasteiger partial charge in [0.2, 0.25) is 0 Å². The highest BCUT2D eigenvalue weighted by Gasteiger charge is 2.50. The minimum Gasteiger partial charge on any atom is -0.544 e. The highest BCUT2D eigenvalue weighted by Crippen LogP contribution is 2.36. The van der Waals surface area contributed by atoms with Crippen molar-refractivity contribution >= 4 is 26.2 Å². The van der Waals surface area contributed by atoms with Crippen LogP contribution in [-0.4, -0.2) is 97.5 Å². The van der Waals surface area contributed by atoms with Gasteiger partial charge >= 0.3 is 0 Å². The van der Waals surface area contributed by atoms with Crippen molar-refractivity contribution in [2.24, 2.45) is 11.8 Å². The molecule has 0 radical (unpaired) electrons. The van der Waals surface area contributed by atoms with Crippen LogP contribution < -0.4 is 5.11 Å². The molecule has 38 heavy (non-hydrogen) atoms. The Morgan fingerprint density at radius 3 is 1.37 bits per heavy atom. The van der Waals surface area contributed by atoms with Crippen molar-refractivity contribution in [3.05, 3.63) is 0 Å². The van der Waals surface area contributed by atoms with Gasteiger partial charge in [-0.15, -0.1) is 0 Å². The number of carboxylic acids is 1. The molecular formula is C25H51NO10S2. The van der Waals surface area contributed by atoms with E-state index >= 15 is 0 Å². The smallest absolute Gasteiger partial charge is 0.265 e. The molecule has 0 bridgehead atoms. The van der Waals surface area contributed by atoms with Crippen molar-refractivity contribution < 1.29 is 50.5 Å².